The molecule has 0 aromatic heterocycles. The molecule has 0 aromatic rings. The van der Waals surface area contributed by atoms with E-state index in [-0.39, 0.29) is 0 Å². The zero-order chi connectivity index (χ0) is 7.98. The first-order chi connectivity index (χ1) is 4.70. The van der Waals surface area contributed by atoms with Crippen molar-refractivity contribution in [3.63, 3.8) is 0 Å². The molecule has 0 aromatic carbocycles. The maximum Gasteiger partial charge on any atom is 0.0540 e. The van der Waals surface area contributed by atoms with Crippen molar-refractivity contribution in [1.82, 2.24) is 0 Å². The van der Waals surface area contributed by atoms with Crippen molar-refractivity contribution in [3.8, 4) is 0 Å². The van der Waals surface area contributed by atoms with Crippen LogP contribution < -0.4 is 0 Å². The van der Waals surface area contributed by atoms with Gasteiger partial charge in [0, 0.05) is 0 Å². The van der Waals surface area contributed by atoms with Gasteiger partial charge in [0.2, 0.25) is 0 Å². The molecule has 1 unspecified atom stereocenters. The van der Waals surface area contributed by atoms with Crippen LogP contribution >= 0.6 is 0 Å². The molecule has 0 rings (SSSR count). The predicted octanol–water partition coefficient (Wildman–Crippen LogP) is 2.66. The summed E-state index contributed by atoms with van der Waals surface area (Å²) in [6.45, 7) is 6.24. The lowest BCUT2D eigenvalue weighted by Gasteiger charge is -2.05. The Labute approximate surface area is 62.9 Å². The standard InChI is InChI=1S/C8H17NO/c1-4-7(2)5-6-8(3)9-10/h7,10H,4-6H2,1-3H3. The summed E-state index contributed by atoms with van der Waals surface area (Å²) in [4.78, 5) is 0. The van der Waals surface area contributed by atoms with E-state index in [1.807, 2.05) is 6.92 Å². The average molecular weight is 143 g/mol. The van der Waals surface area contributed by atoms with E-state index in [4.69, 9.17) is 5.21 Å². The van der Waals surface area contributed by atoms with Gasteiger partial charge in [-0.05, 0) is 25.7 Å². The molecular formula is C8H17NO. The zero-order valence-electron chi connectivity index (χ0n) is 7.09. The van der Waals surface area contributed by atoms with Gasteiger partial charge in [-0.1, -0.05) is 25.4 Å². The van der Waals surface area contributed by atoms with Gasteiger partial charge in [0.05, 0.1) is 5.71 Å². The summed E-state index contributed by atoms with van der Waals surface area (Å²) < 4.78 is 0. The van der Waals surface area contributed by atoms with Crippen LogP contribution in [0.5, 0.6) is 0 Å². The van der Waals surface area contributed by atoms with Crippen molar-refractivity contribution in [2.45, 2.75) is 40.0 Å². The summed E-state index contributed by atoms with van der Waals surface area (Å²) in [6, 6.07) is 0. The van der Waals surface area contributed by atoms with E-state index in [1.54, 1.807) is 0 Å². The first-order valence-corrected chi connectivity index (χ1v) is 3.88. The van der Waals surface area contributed by atoms with E-state index in [2.05, 4.69) is 19.0 Å². The van der Waals surface area contributed by atoms with Crippen LogP contribution in [0.25, 0.3) is 0 Å². The van der Waals surface area contributed by atoms with E-state index in [9.17, 15) is 0 Å². The summed E-state index contributed by atoms with van der Waals surface area (Å²) in [5.74, 6) is 0.747. The smallest absolute Gasteiger partial charge is 0.0540 e. The maximum atomic E-state index is 8.31. The second kappa shape index (κ2) is 5.27. The Balaban J connectivity index is 3.35. The minimum atomic E-state index is 0.747. The first kappa shape index (κ1) is 9.47. The van der Waals surface area contributed by atoms with Gasteiger partial charge >= 0.3 is 0 Å². The highest BCUT2D eigenvalue weighted by atomic mass is 16.4. The second-order valence-electron chi connectivity index (χ2n) is 2.89. The van der Waals surface area contributed by atoms with Crippen LogP contribution in [-0.4, -0.2) is 10.9 Å². The van der Waals surface area contributed by atoms with Gasteiger partial charge < -0.3 is 5.21 Å². The van der Waals surface area contributed by atoms with Crippen LogP contribution in [0.3, 0.4) is 0 Å². The fraction of sp³-hybridized carbons (Fsp3) is 0.875. The first-order valence-electron chi connectivity index (χ1n) is 3.88. The molecule has 0 saturated heterocycles. The van der Waals surface area contributed by atoms with Gasteiger partial charge in [-0.25, -0.2) is 0 Å². The molecule has 0 spiro atoms. The predicted molar refractivity (Wildman–Crippen MR) is 43.6 cm³/mol. The van der Waals surface area contributed by atoms with Gasteiger partial charge in [-0.15, -0.1) is 0 Å². The van der Waals surface area contributed by atoms with Crippen molar-refractivity contribution in [3.05, 3.63) is 0 Å². The Morgan fingerprint density at radius 2 is 2.20 bits per heavy atom. The van der Waals surface area contributed by atoms with Gasteiger partial charge in [-0.3, -0.25) is 0 Å². The van der Waals surface area contributed by atoms with Crippen LogP contribution in [0, 0.1) is 5.92 Å². The zero-order valence-corrected chi connectivity index (χ0v) is 7.09. The highest BCUT2D eigenvalue weighted by Crippen LogP contribution is 2.09. The second-order valence-corrected chi connectivity index (χ2v) is 2.89. The molecule has 0 heterocycles. The van der Waals surface area contributed by atoms with Crippen LogP contribution in [0.4, 0.5) is 0 Å². The van der Waals surface area contributed by atoms with E-state index >= 15 is 0 Å². The average Bonchev–Trinajstić information content (AvgIpc) is 1.99. The van der Waals surface area contributed by atoms with E-state index < -0.39 is 0 Å². The summed E-state index contributed by atoms with van der Waals surface area (Å²) >= 11 is 0. The normalized spacial score (nSPS) is 15.3. The van der Waals surface area contributed by atoms with Crippen LogP contribution in [0.15, 0.2) is 5.16 Å². The highest BCUT2D eigenvalue weighted by molar-refractivity contribution is 5.81. The Bertz CT molecular complexity index is 110. The number of hydrogen-bond acceptors (Lipinski definition) is 2. The van der Waals surface area contributed by atoms with Crippen molar-refractivity contribution < 1.29 is 5.21 Å². The molecule has 2 nitrogen and oxygen atoms in total. The summed E-state index contributed by atoms with van der Waals surface area (Å²) in [5.41, 5.74) is 0.834. The summed E-state index contributed by atoms with van der Waals surface area (Å²) in [5, 5.41) is 11.4. The molecule has 0 bridgehead atoms. The molecule has 0 saturated carbocycles. The molecule has 0 aliphatic heterocycles. The third kappa shape index (κ3) is 4.36. The van der Waals surface area contributed by atoms with Crippen molar-refractivity contribution in [1.29, 1.82) is 0 Å². The highest BCUT2D eigenvalue weighted by Gasteiger charge is 1.99. The number of rotatable bonds is 4. The Morgan fingerprint density at radius 1 is 1.60 bits per heavy atom. The number of oxime groups is 1. The summed E-state index contributed by atoms with van der Waals surface area (Å²) in [6.07, 6.45) is 3.26. The van der Waals surface area contributed by atoms with Crippen molar-refractivity contribution in [2.75, 3.05) is 0 Å². The Hall–Kier alpha value is -0.530. The third-order valence-corrected chi connectivity index (χ3v) is 1.87. The minimum Gasteiger partial charge on any atom is -0.411 e. The van der Waals surface area contributed by atoms with Gasteiger partial charge in [0.15, 0.2) is 0 Å². The molecule has 0 aliphatic rings. The van der Waals surface area contributed by atoms with Crippen LogP contribution in [0.1, 0.15) is 40.0 Å². The molecule has 1 atom stereocenters. The SMILES string of the molecule is CCC(C)CCC(C)=NO. The molecule has 10 heavy (non-hydrogen) atoms. The summed E-state index contributed by atoms with van der Waals surface area (Å²) in [7, 11) is 0. The largest absolute Gasteiger partial charge is 0.411 e. The lowest BCUT2D eigenvalue weighted by molar-refractivity contribution is 0.316. The van der Waals surface area contributed by atoms with Crippen LogP contribution in [-0.2, 0) is 0 Å². The van der Waals surface area contributed by atoms with E-state index in [0.717, 1.165) is 24.5 Å². The van der Waals surface area contributed by atoms with Crippen molar-refractivity contribution >= 4 is 5.71 Å². The number of nitrogens with zero attached hydrogens (tertiary/aromatic N) is 1. The Morgan fingerprint density at radius 3 is 2.60 bits per heavy atom. The van der Waals surface area contributed by atoms with E-state index in [1.165, 1.54) is 6.42 Å². The topological polar surface area (TPSA) is 32.6 Å². The lowest BCUT2D eigenvalue weighted by Crippen LogP contribution is -1.97. The lowest BCUT2D eigenvalue weighted by atomic mass is 10.0. The maximum absolute atomic E-state index is 8.31. The van der Waals surface area contributed by atoms with Gasteiger partial charge in [0.25, 0.3) is 0 Å². The molecule has 60 valence electrons. The van der Waals surface area contributed by atoms with E-state index in [0.29, 0.717) is 0 Å². The molecule has 0 aliphatic carbocycles. The van der Waals surface area contributed by atoms with Gasteiger partial charge in [0.1, 0.15) is 0 Å². The number of hydrogen-bond donors (Lipinski definition) is 1. The van der Waals surface area contributed by atoms with Gasteiger partial charge in [-0.2, -0.15) is 0 Å². The quantitative estimate of drug-likeness (QED) is 0.366. The third-order valence-electron chi connectivity index (χ3n) is 1.87. The fourth-order valence-electron chi connectivity index (χ4n) is 0.709. The Kier molecular flexibility index (Phi) is 4.99. The monoisotopic (exact) mass is 143 g/mol. The van der Waals surface area contributed by atoms with Crippen molar-refractivity contribution in [2.24, 2.45) is 11.1 Å². The molecule has 0 radical (unpaired) electrons. The molecular weight excluding hydrogens is 126 g/mol. The molecule has 0 amide bonds. The van der Waals surface area contributed by atoms with Crippen LogP contribution in [0.2, 0.25) is 0 Å². The molecule has 0 fully saturated rings. The molecule has 2 heteroatoms. The minimum absolute atomic E-state index is 0.747. The fourth-order valence-corrected chi connectivity index (χ4v) is 0.709. The molecule has 1 N–H and O–H groups in total.